The first-order chi connectivity index (χ1) is 13.1. The largest absolute Gasteiger partial charge is 0.493 e. The Balaban J connectivity index is 2.34. The average Bonchev–Trinajstić information content (AvgIpc) is 2.62. The highest BCUT2D eigenvalue weighted by Gasteiger charge is 2.23. The minimum atomic E-state index is -3.88. The van der Waals surface area contributed by atoms with E-state index in [9.17, 15) is 18.5 Å². The molecule has 0 heterocycles. The molecule has 0 bridgehead atoms. The van der Waals surface area contributed by atoms with E-state index in [-0.39, 0.29) is 22.9 Å². The molecule has 0 aliphatic heterocycles. The Labute approximate surface area is 164 Å². The number of hydrogen-bond donors (Lipinski definition) is 1. The number of benzene rings is 2. The van der Waals surface area contributed by atoms with E-state index in [0.29, 0.717) is 12.3 Å². The maximum atomic E-state index is 12.4. The molecule has 2 aromatic carbocycles. The molecule has 0 atom stereocenters. The molecule has 0 saturated carbocycles. The normalized spacial score (nSPS) is 11.5. The Morgan fingerprint density at radius 1 is 1.11 bits per heavy atom. The molecule has 2 rings (SSSR count). The highest BCUT2D eigenvalue weighted by Crippen LogP contribution is 2.37. The molecule has 1 N–H and O–H groups in total. The van der Waals surface area contributed by atoms with Gasteiger partial charge in [-0.2, -0.15) is 0 Å². The van der Waals surface area contributed by atoms with E-state index < -0.39 is 20.6 Å². The third-order valence-corrected chi connectivity index (χ3v) is 5.29. The Hall–Kier alpha value is -2.69. The zero-order chi connectivity index (χ0) is 20.9. The Morgan fingerprint density at radius 2 is 1.79 bits per heavy atom. The van der Waals surface area contributed by atoms with E-state index >= 15 is 0 Å². The van der Waals surface area contributed by atoms with Gasteiger partial charge in [-0.1, -0.05) is 6.07 Å². The quantitative estimate of drug-likeness (QED) is 0.500. The molecular weight excluding hydrogens is 386 g/mol. The number of nitrogens with zero attached hydrogens (tertiary/aromatic N) is 2. The van der Waals surface area contributed by atoms with E-state index in [1.807, 2.05) is 25.9 Å². The van der Waals surface area contributed by atoms with Gasteiger partial charge in [0.1, 0.15) is 0 Å². The number of nitro groups is 1. The van der Waals surface area contributed by atoms with Crippen LogP contribution in [0.3, 0.4) is 0 Å². The monoisotopic (exact) mass is 409 g/mol. The van der Waals surface area contributed by atoms with Gasteiger partial charge in [-0.25, -0.2) is 13.1 Å². The van der Waals surface area contributed by atoms with Crippen molar-refractivity contribution in [1.82, 2.24) is 9.62 Å². The Bertz CT molecular complexity index is 960. The van der Waals surface area contributed by atoms with Crippen LogP contribution >= 0.6 is 0 Å². The highest BCUT2D eigenvalue weighted by atomic mass is 32.2. The molecule has 28 heavy (non-hydrogen) atoms. The molecule has 0 aliphatic rings. The zero-order valence-electron chi connectivity index (χ0n) is 16.1. The molecule has 0 amide bonds. The molecule has 10 heteroatoms. The fourth-order valence-electron chi connectivity index (χ4n) is 2.36. The summed E-state index contributed by atoms with van der Waals surface area (Å²) in [4.78, 5) is 12.4. The number of aryl methyl sites for hydroxylation is 1. The number of sulfonamides is 1. The number of rotatable bonds is 9. The number of likely N-dealkylation sites (N-methyl/N-ethyl adjacent to an activating group) is 1. The van der Waals surface area contributed by atoms with Crippen molar-refractivity contribution in [2.24, 2.45) is 0 Å². The zero-order valence-corrected chi connectivity index (χ0v) is 16.9. The van der Waals surface area contributed by atoms with Crippen LogP contribution in [0, 0.1) is 17.0 Å². The SMILES string of the molecule is COc1cc(C)ccc1Oc1ccc(S(=O)(=O)NCCN(C)C)cc1[N+](=O)[O-]. The summed E-state index contributed by atoms with van der Waals surface area (Å²) < 4.78 is 38.1. The van der Waals surface area contributed by atoms with Gasteiger partial charge in [-0.05, 0) is 50.8 Å². The molecule has 152 valence electrons. The van der Waals surface area contributed by atoms with Crippen LogP contribution in [0.2, 0.25) is 0 Å². The summed E-state index contributed by atoms with van der Waals surface area (Å²) in [5, 5.41) is 11.5. The van der Waals surface area contributed by atoms with Crippen molar-refractivity contribution in [3.05, 3.63) is 52.1 Å². The maximum absolute atomic E-state index is 12.4. The van der Waals surface area contributed by atoms with E-state index in [4.69, 9.17) is 9.47 Å². The summed E-state index contributed by atoms with van der Waals surface area (Å²) in [6.45, 7) is 2.55. The van der Waals surface area contributed by atoms with Crippen LogP contribution in [0.5, 0.6) is 17.2 Å². The molecule has 0 fully saturated rings. The summed E-state index contributed by atoms with van der Waals surface area (Å²) in [6.07, 6.45) is 0. The van der Waals surface area contributed by atoms with Crippen molar-refractivity contribution >= 4 is 15.7 Å². The van der Waals surface area contributed by atoms with Crippen molar-refractivity contribution in [2.75, 3.05) is 34.3 Å². The van der Waals surface area contributed by atoms with Crippen LogP contribution in [-0.2, 0) is 10.0 Å². The molecule has 0 aliphatic carbocycles. The van der Waals surface area contributed by atoms with Gasteiger partial charge >= 0.3 is 5.69 Å². The van der Waals surface area contributed by atoms with E-state index in [0.717, 1.165) is 11.6 Å². The second kappa shape index (κ2) is 9.00. The van der Waals surface area contributed by atoms with Gasteiger partial charge in [0.2, 0.25) is 15.8 Å². The summed E-state index contributed by atoms with van der Waals surface area (Å²) in [6, 6.07) is 8.64. The minimum Gasteiger partial charge on any atom is -0.493 e. The van der Waals surface area contributed by atoms with Crippen LogP contribution in [-0.4, -0.2) is 52.5 Å². The van der Waals surface area contributed by atoms with Gasteiger partial charge in [0.25, 0.3) is 0 Å². The lowest BCUT2D eigenvalue weighted by Gasteiger charge is -2.13. The molecular formula is C18H23N3O6S. The number of nitrogens with one attached hydrogen (secondary N) is 1. The van der Waals surface area contributed by atoms with E-state index in [2.05, 4.69) is 4.72 Å². The van der Waals surface area contributed by atoms with E-state index in [1.54, 1.807) is 18.2 Å². The lowest BCUT2D eigenvalue weighted by atomic mass is 10.2. The molecule has 0 radical (unpaired) electrons. The predicted octanol–water partition coefficient (Wildman–Crippen LogP) is 2.54. The number of hydrogen-bond acceptors (Lipinski definition) is 7. The van der Waals surface area contributed by atoms with Crippen LogP contribution in [0.15, 0.2) is 41.3 Å². The average molecular weight is 409 g/mol. The van der Waals surface area contributed by atoms with Crippen molar-refractivity contribution in [3.8, 4) is 17.2 Å². The molecule has 0 unspecified atom stereocenters. The predicted molar refractivity (Wildman–Crippen MR) is 105 cm³/mol. The summed E-state index contributed by atoms with van der Waals surface area (Å²) in [5.41, 5.74) is 0.474. The molecule has 0 saturated heterocycles. The summed E-state index contributed by atoms with van der Waals surface area (Å²) >= 11 is 0. The molecule has 0 aromatic heterocycles. The van der Waals surface area contributed by atoms with Gasteiger partial charge in [-0.15, -0.1) is 0 Å². The second-order valence-electron chi connectivity index (χ2n) is 6.34. The van der Waals surface area contributed by atoms with Crippen LogP contribution in [0.25, 0.3) is 0 Å². The number of nitro benzene ring substituents is 1. The third kappa shape index (κ3) is 5.41. The maximum Gasteiger partial charge on any atom is 0.312 e. The van der Waals surface area contributed by atoms with Gasteiger partial charge < -0.3 is 14.4 Å². The standard InChI is InChI=1S/C18H23N3O6S/c1-13-5-7-17(18(11-13)26-4)27-16-8-6-14(12-15(16)21(22)23)28(24,25)19-9-10-20(2)3/h5-8,11-12,19H,9-10H2,1-4H3. The first-order valence-electron chi connectivity index (χ1n) is 8.39. The fraction of sp³-hybridized carbons (Fsp3) is 0.333. The van der Waals surface area contributed by atoms with Gasteiger partial charge in [-0.3, -0.25) is 10.1 Å². The van der Waals surface area contributed by atoms with Crippen LogP contribution in [0.1, 0.15) is 5.56 Å². The summed E-state index contributed by atoms with van der Waals surface area (Å²) in [7, 11) is 1.20. The third-order valence-electron chi connectivity index (χ3n) is 3.83. The van der Waals surface area contributed by atoms with Crippen molar-refractivity contribution in [3.63, 3.8) is 0 Å². The van der Waals surface area contributed by atoms with Gasteiger partial charge in [0, 0.05) is 19.2 Å². The molecule has 0 spiro atoms. The molecule has 9 nitrogen and oxygen atoms in total. The van der Waals surface area contributed by atoms with Gasteiger partial charge in [0.15, 0.2) is 11.5 Å². The van der Waals surface area contributed by atoms with Crippen LogP contribution in [0.4, 0.5) is 5.69 Å². The topological polar surface area (TPSA) is 111 Å². The van der Waals surface area contributed by atoms with Crippen molar-refractivity contribution < 1.29 is 22.8 Å². The Kier molecular flexibility index (Phi) is 6.95. The summed E-state index contributed by atoms with van der Waals surface area (Å²) in [5.74, 6) is 0.617. The van der Waals surface area contributed by atoms with Crippen molar-refractivity contribution in [1.29, 1.82) is 0 Å². The first-order valence-corrected chi connectivity index (χ1v) is 9.87. The van der Waals surface area contributed by atoms with E-state index in [1.165, 1.54) is 19.2 Å². The first kappa shape index (κ1) is 21.6. The Morgan fingerprint density at radius 3 is 2.39 bits per heavy atom. The number of ether oxygens (including phenoxy) is 2. The van der Waals surface area contributed by atoms with Crippen molar-refractivity contribution in [2.45, 2.75) is 11.8 Å². The fourth-order valence-corrected chi connectivity index (χ4v) is 3.40. The second-order valence-corrected chi connectivity index (χ2v) is 8.11. The smallest absolute Gasteiger partial charge is 0.312 e. The lowest BCUT2D eigenvalue weighted by molar-refractivity contribution is -0.385. The molecule has 2 aromatic rings. The number of methoxy groups -OCH3 is 1. The lowest BCUT2D eigenvalue weighted by Crippen LogP contribution is -2.31. The highest BCUT2D eigenvalue weighted by molar-refractivity contribution is 7.89. The minimum absolute atomic E-state index is 0.0839. The van der Waals surface area contributed by atoms with Crippen LogP contribution < -0.4 is 14.2 Å². The van der Waals surface area contributed by atoms with Gasteiger partial charge in [0.05, 0.1) is 16.9 Å².